The Hall–Kier alpha value is -2.35. The molecule has 4 amide bonds. The number of methoxy groups -OCH3 is 1. The zero-order valence-electron chi connectivity index (χ0n) is 16.7. The molecule has 3 rings (SSSR count). The van der Waals surface area contributed by atoms with E-state index in [-0.39, 0.29) is 23.3 Å². The van der Waals surface area contributed by atoms with Crippen LogP contribution in [0.5, 0.6) is 5.75 Å². The van der Waals surface area contributed by atoms with E-state index in [2.05, 4.69) is 10.6 Å². The quantitative estimate of drug-likeness (QED) is 0.710. The summed E-state index contributed by atoms with van der Waals surface area (Å²) in [5.74, 6) is -0.842. The van der Waals surface area contributed by atoms with Crippen molar-refractivity contribution in [2.45, 2.75) is 44.6 Å². The van der Waals surface area contributed by atoms with Gasteiger partial charge in [0.25, 0.3) is 5.91 Å². The van der Waals surface area contributed by atoms with Gasteiger partial charge in [0.2, 0.25) is 5.91 Å². The molecule has 2 heterocycles. The van der Waals surface area contributed by atoms with Crippen molar-refractivity contribution in [1.82, 2.24) is 15.5 Å². The highest BCUT2D eigenvalue weighted by Crippen LogP contribution is 2.37. The van der Waals surface area contributed by atoms with Crippen LogP contribution in [0.2, 0.25) is 5.02 Å². The van der Waals surface area contributed by atoms with E-state index >= 15 is 0 Å². The van der Waals surface area contributed by atoms with E-state index in [1.54, 1.807) is 24.8 Å². The summed E-state index contributed by atoms with van der Waals surface area (Å²) in [4.78, 5) is 38.0. The normalized spacial score (nSPS) is 23.6. The Morgan fingerprint density at radius 1 is 1.38 bits per heavy atom. The summed E-state index contributed by atoms with van der Waals surface area (Å²) in [5.41, 5.74) is -0.236. The van der Waals surface area contributed by atoms with Gasteiger partial charge in [0.05, 0.1) is 12.1 Å². The van der Waals surface area contributed by atoms with Crippen molar-refractivity contribution in [3.63, 3.8) is 0 Å². The first-order chi connectivity index (χ1) is 13.6. The fraction of sp³-hybridized carbons (Fsp3) is 0.550. The van der Waals surface area contributed by atoms with Gasteiger partial charge < -0.3 is 15.0 Å². The van der Waals surface area contributed by atoms with E-state index in [1.165, 1.54) is 13.2 Å². The fourth-order valence-electron chi connectivity index (χ4n) is 4.19. The Morgan fingerprint density at radius 3 is 2.59 bits per heavy atom. The summed E-state index contributed by atoms with van der Waals surface area (Å²) in [6.45, 7) is 4.47. The highest BCUT2D eigenvalue weighted by molar-refractivity contribution is 6.30. The second-order valence-electron chi connectivity index (χ2n) is 7.95. The van der Waals surface area contributed by atoms with Gasteiger partial charge in [0.1, 0.15) is 17.1 Å². The van der Waals surface area contributed by atoms with Gasteiger partial charge in [-0.2, -0.15) is 0 Å². The van der Waals surface area contributed by atoms with Crippen molar-refractivity contribution in [2.24, 2.45) is 5.92 Å². The Labute approximate surface area is 173 Å². The number of imide groups is 1. The van der Waals surface area contributed by atoms with Crippen molar-refractivity contribution < 1.29 is 23.5 Å². The number of hydrogen-bond acceptors (Lipinski definition) is 4. The largest absolute Gasteiger partial charge is 0.496 e. The lowest BCUT2D eigenvalue weighted by Crippen LogP contribution is -2.48. The standard InChI is InChI=1S/C20H25ClFN3O4/c1-11(10-20(2)18(27)23-19(28)24-20)17(26)25-6-4-12(5-7-25)13-8-14(21)15(22)9-16(13)29-3/h8-9,11-12H,4-7,10H2,1-3H3,(H2,23,24,27,28)/t11-,20+/m0/s1. The lowest BCUT2D eigenvalue weighted by Gasteiger charge is -2.35. The van der Waals surface area contributed by atoms with Crippen LogP contribution in [-0.2, 0) is 9.59 Å². The first-order valence-electron chi connectivity index (χ1n) is 9.60. The third-order valence-electron chi connectivity index (χ3n) is 5.77. The summed E-state index contributed by atoms with van der Waals surface area (Å²) in [6, 6.07) is 2.35. The van der Waals surface area contributed by atoms with Crippen LogP contribution in [0.1, 0.15) is 44.6 Å². The Morgan fingerprint density at radius 2 is 2.03 bits per heavy atom. The van der Waals surface area contributed by atoms with E-state index in [0.717, 1.165) is 5.56 Å². The van der Waals surface area contributed by atoms with E-state index in [4.69, 9.17) is 16.3 Å². The first-order valence-corrected chi connectivity index (χ1v) is 9.97. The van der Waals surface area contributed by atoms with E-state index in [1.807, 2.05) is 0 Å². The van der Waals surface area contributed by atoms with Crippen LogP contribution >= 0.6 is 11.6 Å². The third kappa shape index (κ3) is 4.32. The summed E-state index contributed by atoms with van der Waals surface area (Å²) in [7, 11) is 1.49. The molecule has 2 atom stereocenters. The summed E-state index contributed by atoms with van der Waals surface area (Å²) in [6.07, 6.45) is 1.63. The molecule has 158 valence electrons. The Bertz CT molecular complexity index is 841. The number of carbonyl (C=O) groups excluding carboxylic acids is 3. The number of urea groups is 1. The van der Waals surface area contributed by atoms with Crippen LogP contribution in [-0.4, -0.2) is 48.5 Å². The highest BCUT2D eigenvalue weighted by Gasteiger charge is 2.44. The van der Waals surface area contributed by atoms with E-state index in [9.17, 15) is 18.8 Å². The van der Waals surface area contributed by atoms with Crippen molar-refractivity contribution in [2.75, 3.05) is 20.2 Å². The zero-order valence-corrected chi connectivity index (χ0v) is 17.4. The van der Waals surface area contributed by atoms with Gasteiger partial charge in [0.15, 0.2) is 0 Å². The lowest BCUT2D eigenvalue weighted by atomic mass is 9.86. The highest BCUT2D eigenvalue weighted by atomic mass is 35.5. The summed E-state index contributed by atoms with van der Waals surface area (Å²) in [5, 5.41) is 4.86. The Kier molecular flexibility index (Phi) is 6.03. The number of nitrogens with one attached hydrogen (secondary N) is 2. The maximum absolute atomic E-state index is 13.7. The molecule has 0 saturated carbocycles. The van der Waals surface area contributed by atoms with Crippen molar-refractivity contribution >= 4 is 29.4 Å². The number of carbonyl (C=O) groups is 3. The molecule has 0 spiro atoms. The molecule has 0 unspecified atom stereocenters. The van der Waals surface area contributed by atoms with Crippen molar-refractivity contribution in [3.05, 3.63) is 28.5 Å². The van der Waals surface area contributed by atoms with Crippen molar-refractivity contribution in [1.29, 1.82) is 0 Å². The van der Waals surface area contributed by atoms with Crippen LogP contribution in [0.4, 0.5) is 9.18 Å². The molecule has 9 heteroatoms. The minimum atomic E-state index is -1.08. The van der Waals surface area contributed by atoms with Gasteiger partial charge in [-0.15, -0.1) is 0 Å². The smallest absolute Gasteiger partial charge is 0.322 e. The number of amides is 4. The zero-order chi connectivity index (χ0) is 21.3. The van der Waals surface area contributed by atoms with Crippen LogP contribution < -0.4 is 15.4 Å². The predicted molar refractivity (Wildman–Crippen MR) is 105 cm³/mol. The second kappa shape index (κ2) is 8.18. The molecule has 0 aromatic heterocycles. The van der Waals surface area contributed by atoms with Crippen LogP contribution in [0.3, 0.4) is 0 Å². The second-order valence-corrected chi connectivity index (χ2v) is 8.36. The molecule has 29 heavy (non-hydrogen) atoms. The van der Waals surface area contributed by atoms with Crippen molar-refractivity contribution in [3.8, 4) is 5.75 Å². The van der Waals surface area contributed by atoms with Crippen LogP contribution in [0.15, 0.2) is 12.1 Å². The average Bonchev–Trinajstić information content (AvgIpc) is 2.94. The number of ether oxygens (including phenoxy) is 1. The molecular weight excluding hydrogens is 401 g/mol. The van der Waals surface area contributed by atoms with Gasteiger partial charge in [-0.3, -0.25) is 14.9 Å². The number of rotatable bonds is 5. The summed E-state index contributed by atoms with van der Waals surface area (Å²) < 4.78 is 19.0. The molecule has 0 radical (unpaired) electrons. The maximum atomic E-state index is 13.7. The minimum absolute atomic E-state index is 0.0530. The maximum Gasteiger partial charge on any atom is 0.322 e. The number of likely N-dealkylation sites (tertiary alicyclic amines) is 1. The molecule has 1 aromatic carbocycles. The third-order valence-corrected chi connectivity index (χ3v) is 6.06. The lowest BCUT2D eigenvalue weighted by molar-refractivity contribution is -0.137. The molecule has 7 nitrogen and oxygen atoms in total. The number of piperidine rings is 1. The SMILES string of the molecule is COc1cc(F)c(Cl)cc1C1CCN(C(=O)[C@@H](C)C[C@@]2(C)NC(=O)NC2=O)CC1. The molecule has 2 N–H and O–H groups in total. The fourth-order valence-corrected chi connectivity index (χ4v) is 4.36. The molecule has 1 aromatic rings. The number of halogens is 2. The van der Waals surface area contributed by atoms with Gasteiger partial charge >= 0.3 is 6.03 Å². The average molecular weight is 426 g/mol. The molecule has 2 aliphatic heterocycles. The molecule has 2 aliphatic rings. The molecule has 2 fully saturated rings. The molecule has 0 bridgehead atoms. The predicted octanol–water partition coefficient (Wildman–Crippen LogP) is 2.82. The van der Waals surface area contributed by atoms with Gasteiger partial charge in [0, 0.05) is 25.1 Å². The minimum Gasteiger partial charge on any atom is -0.496 e. The van der Waals surface area contributed by atoms with Crippen LogP contribution in [0.25, 0.3) is 0 Å². The molecule has 0 aliphatic carbocycles. The number of benzene rings is 1. The Balaban J connectivity index is 1.62. The number of hydrogen-bond donors (Lipinski definition) is 2. The number of nitrogens with zero attached hydrogens (tertiary/aromatic N) is 1. The monoisotopic (exact) mass is 425 g/mol. The van der Waals surface area contributed by atoms with Gasteiger partial charge in [-0.1, -0.05) is 18.5 Å². The first kappa shape index (κ1) is 21.4. The van der Waals surface area contributed by atoms with E-state index < -0.39 is 29.2 Å². The molecular formula is C20H25ClFN3O4. The molecule has 2 saturated heterocycles. The van der Waals surface area contributed by atoms with Crippen LogP contribution in [0, 0.1) is 11.7 Å². The van der Waals surface area contributed by atoms with E-state index in [0.29, 0.717) is 31.7 Å². The van der Waals surface area contributed by atoms with Gasteiger partial charge in [-0.25, -0.2) is 9.18 Å². The summed E-state index contributed by atoms with van der Waals surface area (Å²) >= 11 is 5.94. The van der Waals surface area contributed by atoms with Gasteiger partial charge in [-0.05, 0) is 43.7 Å². The topological polar surface area (TPSA) is 87.7 Å².